The second kappa shape index (κ2) is 5.45. The van der Waals surface area contributed by atoms with Gasteiger partial charge in [-0.05, 0) is 24.5 Å². The van der Waals surface area contributed by atoms with Crippen molar-refractivity contribution in [3.05, 3.63) is 53.5 Å². The van der Waals surface area contributed by atoms with Crippen LogP contribution in [-0.4, -0.2) is 23.1 Å². The lowest BCUT2D eigenvalue weighted by Crippen LogP contribution is -2.45. The average Bonchev–Trinajstić information content (AvgIpc) is 2.42. The van der Waals surface area contributed by atoms with Gasteiger partial charge in [0.25, 0.3) is 0 Å². The molecule has 0 spiro atoms. The van der Waals surface area contributed by atoms with Gasteiger partial charge in [-0.1, -0.05) is 43.3 Å². The van der Waals surface area contributed by atoms with E-state index in [-0.39, 0.29) is 0 Å². The minimum atomic E-state index is 0.772. The molecule has 1 aliphatic heterocycles. The summed E-state index contributed by atoms with van der Waals surface area (Å²) >= 11 is 0. The third-order valence-corrected chi connectivity index (χ3v) is 3.47. The van der Waals surface area contributed by atoms with Gasteiger partial charge in [-0.2, -0.15) is 0 Å². The van der Waals surface area contributed by atoms with Crippen LogP contribution in [0.3, 0.4) is 0 Å². The van der Waals surface area contributed by atoms with Crippen LogP contribution in [-0.2, 0) is 0 Å². The summed E-state index contributed by atoms with van der Waals surface area (Å²) in [4.78, 5) is 11.4. The molecule has 2 heterocycles. The highest BCUT2D eigenvalue weighted by molar-refractivity contribution is 5.67. The zero-order chi connectivity index (χ0) is 13.9. The van der Waals surface area contributed by atoms with Crippen LogP contribution in [0.15, 0.2) is 36.4 Å². The van der Waals surface area contributed by atoms with E-state index < -0.39 is 0 Å². The molecule has 1 aromatic carbocycles. The minimum Gasteiger partial charge on any atom is -0.356 e. The van der Waals surface area contributed by atoms with Crippen molar-refractivity contribution in [2.45, 2.75) is 13.8 Å². The molecular weight excluding hydrogens is 246 g/mol. The summed E-state index contributed by atoms with van der Waals surface area (Å²) in [5.74, 6) is 2.60. The van der Waals surface area contributed by atoms with Gasteiger partial charge < -0.3 is 4.90 Å². The Morgan fingerprint density at radius 1 is 1.10 bits per heavy atom. The standard InChI is InChI=1S/C17H19N3/c1-13-11-20(12-13)17-10-14(2)18-16(19-17)9-8-15-6-4-3-5-7-15/h3-10,13H,11-12H2,1-2H3/b9-8+. The molecule has 3 heteroatoms. The quantitative estimate of drug-likeness (QED) is 0.851. The molecular formula is C17H19N3. The second-order valence-corrected chi connectivity index (χ2v) is 5.48. The van der Waals surface area contributed by atoms with Crippen molar-refractivity contribution < 1.29 is 0 Å². The van der Waals surface area contributed by atoms with Crippen molar-refractivity contribution in [2.75, 3.05) is 18.0 Å². The first-order valence-corrected chi connectivity index (χ1v) is 7.04. The largest absolute Gasteiger partial charge is 0.356 e. The molecule has 1 aliphatic rings. The average molecular weight is 265 g/mol. The Morgan fingerprint density at radius 2 is 1.85 bits per heavy atom. The lowest BCUT2D eigenvalue weighted by molar-refractivity contribution is 0.443. The van der Waals surface area contributed by atoms with Crippen LogP contribution in [0.1, 0.15) is 24.0 Å². The molecule has 2 aromatic rings. The number of benzene rings is 1. The van der Waals surface area contributed by atoms with Gasteiger partial charge in [0.15, 0.2) is 5.82 Å². The maximum Gasteiger partial charge on any atom is 0.154 e. The third kappa shape index (κ3) is 2.87. The first-order valence-electron chi connectivity index (χ1n) is 7.04. The van der Waals surface area contributed by atoms with Crippen LogP contribution in [0.5, 0.6) is 0 Å². The monoisotopic (exact) mass is 265 g/mol. The van der Waals surface area contributed by atoms with E-state index in [2.05, 4.69) is 46.1 Å². The molecule has 1 aromatic heterocycles. The lowest BCUT2D eigenvalue weighted by Gasteiger charge is -2.38. The van der Waals surface area contributed by atoms with Gasteiger partial charge in [0.2, 0.25) is 0 Å². The Morgan fingerprint density at radius 3 is 2.55 bits per heavy atom. The predicted octanol–water partition coefficient (Wildman–Crippen LogP) is 3.41. The van der Waals surface area contributed by atoms with Crippen LogP contribution in [0, 0.1) is 12.8 Å². The zero-order valence-corrected chi connectivity index (χ0v) is 12.0. The van der Waals surface area contributed by atoms with Gasteiger partial charge in [-0.25, -0.2) is 9.97 Å². The molecule has 1 fully saturated rings. The van der Waals surface area contributed by atoms with Crippen LogP contribution in [0.4, 0.5) is 5.82 Å². The number of hydrogen-bond donors (Lipinski definition) is 0. The SMILES string of the molecule is Cc1cc(N2CC(C)C2)nc(/C=C/c2ccccc2)n1. The van der Waals surface area contributed by atoms with Gasteiger partial charge in [0.05, 0.1) is 0 Å². The van der Waals surface area contributed by atoms with Crippen molar-refractivity contribution in [2.24, 2.45) is 5.92 Å². The van der Waals surface area contributed by atoms with Crippen LogP contribution >= 0.6 is 0 Å². The van der Waals surface area contributed by atoms with Crippen LogP contribution in [0.2, 0.25) is 0 Å². The van der Waals surface area contributed by atoms with Crippen molar-refractivity contribution in [3.63, 3.8) is 0 Å². The van der Waals surface area contributed by atoms with E-state index in [1.165, 1.54) is 0 Å². The number of aromatic nitrogens is 2. The molecule has 0 atom stereocenters. The van der Waals surface area contributed by atoms with Crippen molar-refractivity contribution >= 4 is 18.0 Å². The van der Waals surface area contributed by atoms with E-state index >= 15 is 0 Å². The molecule has 102 valence electrons. The summed E-state index contributed by atoms with van der Waals surface area (Å²) < 4.78 is 0. The fourth-order valence-corrected chi connectivity index (χ4v) is 2.43. The molecule has 0 radical (unpaired) electrons. The normalized spacial score (nSPS) is 15.6. The molecule has 3 nitrogen and oxygen atoms in total. The number of rotatable bonds is 3. The Hall–Kier alpha value is -2.16. The molecule has 0 amide bonds. The highest BCUT2D eigenvalue weighted by atomic mass is 15.2. The topological polar surface area (TPSA) is 29.0 Å². The Balaban J connectivity index is 1.81. The molecule has 0 unspecified atom stereocenters. The van der Waals surface area contributed by atoms with Gasteiger partial charge in [-0.3, -0.25) is 0 Å². The van der Waals surface area contributed by atoms with Gasteiger partial charge >= 0.3 is 0 Å². The van der Waals surface area contributed by atoms with E-state index in [1.54, 1.807) is 0 Å². The van der Waals surface area contributed by atoms with Gasteiger partial charge in [-0.15, -0.1) is 0 Å². The van der Waals surface area contributed by atoms with E-state index in [0.29, 0.717) is 0 Å². The molecule has 20 heavy (non-hydrogen) atoms. The highest BCUT2D eigenvalue weighted by Crippen LogP contribution is 2.23. The highest BCUT2D eigenvalue weighted by Gasteiger charge is 2.23. The first-order chi connectivity index (χ1) is 9.70. The number of anilines is 1. The fraction of sp³-hybridized carbons (Fsp3) is 0.294. The number of aryl methyl sites for hydroxylation is 1. The molecule has 1 saturated heterocycles. The minimum absolute atomic E-state index is 0.772. The van der Waals surface area contributed by atoms with E-state index in [4.69, 9.17) is 0 Å². The van der Waals surface area contributed by atoms with E-state index in [1.807, 2.05) is 31.2 Å². The lowest BCUT2D eigenvalue weighted by atomic mass is 10.0. The van der Waals surface area contributed by atoms with Crippen LogP contribution < -0.4 is 4.90 Å². The molecule has 0 bridgehead atoms. The fourth-order valence-electron chi connectivity index (χ4n) is 2.43. The third-order valence-electron chi connectivity index (χ3n) is 3.47. The van der Waals surface area contributed by atoms with E-state index in [9.17, 15) is 0 Å². The van der Waals surface area contributed by atoms with E-state index in [0.717, 1.165) is 41.9 Å². The van der Waals surface area contributed by atoms with Crippen LogP contribution in [0.25, 0.3) is 12.2 Å². The maximum absolute atomic E-state index is 4.63. The van der Waals surface area contributed by atoms with Crippen molar-refractivity contribution in [1.82, 2.24) is 9.97 Å². The molecule has 3 rings (SSSR count). The van der Waals surface area contributed by atoms with Crippen molar-refractivity contribution in [3.8, 4) is 0 Å². The Labute approximate surface area is 120 Å². The molecule has 0 aliphatic carbocycles. The van der Waals surface area contributed by atoms with Gasteiger partial charge in [0, 0.05) is 24.8 Å². The molecule has 0 saturated carbocycles. The maximum atomic E-state index is 4.63. The van der Waals surface area contributed by atoms with Crippen molar-refractivity contribution in [1.29, 1.82) is 0 Å². The smallest absolute Gasteiger partial charge is 0.154 e. The predicted molar refractivity (Wildman–Crippen MR) is 83.5 cm³/mol. The molecule has 0 N–H and O–H groups in total. The second-order valence-electron chi connectivity index (χ2n) is 5.48. The summed E-state index contributed by atoms with van der Waals surface area (Å²) in [6.07, 6.45) is 4.03. The summed E-state index contributed by atoms with van der Waals surface area (Å²) in [5.41, 5.74) is 2.18. The number of hydrogen-bond acceptors (Lipinski definition) is 3. The number of nitrogens with zero attached hydrogens (tertiary/aromatic N) is 3. The summed E-state index contributed by atoms with van der Waals surface area (Å²) in [6, 6.07) is 12.3. The summed E-state index contributed by atoms with van der Waals surface area (Å²) in [5, 5.41) is 0. The summed E-state index contributed by atoms with van der Waals surface area (Å²) in [6.45, 7) is 6.48. The summed E-state index contributed by atoms with van der Waals surface area (Å²) in [7, 11) is 0. The Kier molecular flexibility index (Phi) is 3.50. The first kappa shape index (κ1) is 12.9. The zero-order valence-electron chi connectivity index (χ0n) is 12.0. The Bertz CT molecular complexity index is 613. The van der Waals surface area contributed by atoms with Gasteiger partial charge in [0.1, 0.15) is 5.82 Å².